The van der Waals surface area contributed by atoms with Crippen molar-refractivity contribution in [3.05, 3.63) is 40.3 Å². The molecule has 0 aliphatic heterocycles. The molecule has 0 atom stereocenters. The first kappa shape index (κ1) is 12.3. The summed E-state index contributed by atoms with van der Waals surface area (Å²) >= 11 is 1.63. The Kier molecular flexibility index (Phi) is 3.63. The number of furan rings is 1. The Morgan fingerprint density at radius 1 is 1.29 bits per heavy atom. The summed E-state index contributed by atoms with van der Waals surface area (Å²) in [5.41, 5.74) is 1.19. The number of rotatable bonds is 5. The molecular formula is C10H12N2O3S2. The van der Waals surface area contributed by atoms with Crippen LogP contribution < -0.4 is 10.5 Å². The minimum absolute atomic E-state index is 0.204. The number of thiophene rings is 1. The van der Waals surface area contributed by atoms with Crippen molar-refractivity contribution >= 4 is 21.4 Å². The van der Waals surface area contributed by atoms with Gasteiger partial charge >= 0.3 is 0 Å². The van der Waals surface area contributed by atoms with Crippen LogP contribution in [0.5, 0.6) is 0 Å². The van der Waals surface area contributed by atoms with E-state index in [0.29, 0.717) is 12.3 Å². The van der Waals surface area contributed by atoms with Crippen molar-refractivity contribution in [1.29, 1.82) is 0 Å². The van der Waals surface area contributed by atoms with E-state index in [1.165, 1.54) is 11.6 Å². The van der Waals surface area contributed by atoms with Crippen molar-refractivity contribution < 1.29 is 12.8 Å². The first-order chi connectivity index (χ1) is 8.05. The molecule has 0 bridgehead atoms. The summed E-state index contributed by atoms with van der Waals surface area (Å²) in [6.45, 7) is 1.18. The van der Waals surface area contributed by atoms with E-state index in [1.807, 2.05) is 16.8 Å². The van der Waals surface area contributed by atoms with Crippen molar-refractivity contribution in [2.45, 2.75) is 18.2 Å². The number of nitrogens with one attached hydrogen (secondary N) is 1. The highest BCUT2D eigenvalue weighted by molar-refractivity contribution is 7.89. The number of nitrogens with two attached hydrogens (primary N) is 1. The molecule has 0 unspecified atom stereocenters. The molecular weight excluding hydrogens is 260 g/mol. The van der Waals surface area contributed by atoms with E-state index >= 15 is 0 Å². The van der Waals surface area contributed by atoms with Crippen molar-refractivity contribution in [3.8, 4) is 0 Å². The van der Waals surface area contributed by atoms with Gasteiger partial charge in [0.2, 0.25) is 5.09 Å². The standard InChI is InChI=1S/C10H12N2O3S2/c11-17(13,14)10-2-1-9(15-10)6-12-5-8-3-4-16-7-8/h1-4,7,12H,5-6H2,(H2,11,13,14). The average molecular weight is 272 g/mol. The zero-order valence-corrected chi connectivity index (χ0v) is 10.6. The maximum atomic E-state index is 11.0. The molecule has 0 saturated carbocycles. The van der Waals surface area contributed by atoms with Crippen LogP contribution in [0.1, 0.15) is 11.3 Å². The van der Waals surface area contributed by atoms with Gasteiger partial charge in [-0.1, -0.05) is 0 Å². The summed E-state index contributed by atoms with van der Waals surface area (Å²) in [7, 11) is -3.74. The van der Waals surface area contributed by atoms with Gasteiger partial charge in [-0.3, -0.25) is 0 Å². The smallest absolute Gasteiger partial charge is 0.271 e. The molecule has 17 heavy (non-hydrogen) atoms. The summed E-state index contributed by atoms with van der Waals surface area (Å²) in [4.78, 5) is 0. The first-order valence-corrected chi connectivity index (χ1v) is 7.38. The Morgan fingerprint density at radius 3 is 2.71 bits per heavy atom. The number of hydrogen-bond acceptors (Lipinski definition) is 5. The van der Waals surface area contributed by atoms with E-state index in [4.69, 9.17) is 9.56 Å². The average Bonchev–Trinajstić information content (AvgIpc) is 2.86. The lowest BCUT2D eigenvalue weighted by molar-refractivity contribution is 0.402. The lowest BCUT2D eigenvalue weighted by Crippen LogP contribution is -2.12. The molecule has 2 rings (SSSR count). The third-order valence-corrected chi connectivity index (χ3v) is 3.64. The van der Waals surface area contributed by atoms with Gasteiger partial charge in [-0.15, -0.1) is 0 Å². The zero-order valence-electron chi connectivity index (χ0n) is 8.92. The third kappa shape index (κ3) is 3.40. The van der Waals surface area contributed by atoms with E-state index in [1.54, 1.807) is 17.4 Å². The normalized spacial score (nSPS) is 11.8. The van der Waals surface area contributed by atoms with E-state index in [0.717, 1.165) is 6.54 Å². The van der Waals surface area contributed by atoms with E-state index in [9.17, 15) is 8.42 Å². The van der Waals surface area contributed by atoms with Gasteiger partial charge in [0.15, 0.2) is 0 Å². The SMILES string of the molecule is NS(=O)(=O)c1ccc(CNCc2ccsc2)o1. The molecule has 2 aromatic rings. The molecule has 7 heteroatoms. The Hall–Kier alpha value is -1.15. The maximum Gasteiger partial charge on any atom is 0.271 e. The van der Waals surface area contributed by atoms with Gasteiger partial charge in [0, 0.05) is 6.54 Å². The maximum absolute atomic E-state index is 11.0. The van der Waals surface area contributed by atoms with E-state index in [2.05, 4.69) is 5.32 Å². The summed E-state index contributed by atoms with van der Waals surface area (Å²) in [6, 6.07) is 4.98. The van der Waals surface area contributed by atoms with Gasteiger partial charge in [0.05, 0.1) is 6.54 Å². The highest BCUT2D eigenvalue weighted by Crippen LogP contribution is 2.12. The molecule has 0 aliphatic carbocycles. The third-order valence-electron chi connectivity index (χ3n) is 2.13. The quantitative estimate of drug-likeness (QED) is 0.858. The minimum Gasteiger partial charge on any atom is -0.447 e. The lowest BCUT2D eigenvalue weighted by Gasteiger charge is -2.00. The first-order valence-electron chi connectivity index (χ1n) is 4.89. The van der Waals surface area contributed by atoms with Gasteiger partial charge in [-0.05, 0) is 34.5 Å². The Labute approximate surface area is 103 Å². The fraction of sp³-hybridized carbons (Fsp3) is 0.200. The molecule has 2 aromatic heterocycles. The Morgan fingerprint density at radius 2 is 2.12 bits per heavy atom. The molecule has 0 amide bonds. The van der Waals surface area contributed by atoms with Gasteiger partial charge in [0.1, 0.15) is 5.76 Å². The fourth-order valence-corrected chi connectivity index (χ4v) is 2.48. The van der Waals surface area contributed by atoms with Crippen molar-refractivity contribution in [2.75, 3.05) is 0 Å². The molecule has 2 heterocycles. The van der Waals surface area contributed by atoms with Crippen LogP contribution in [0.3, 0.4) is 0 Å². The molecule has 3 N–H and O–H groups in total. The second-order valence-electron chi connectivity index (χ2n) is 3.50. The van der Waals surface area contributed by atoms with Gasteiger partial charge in [0.25, 0.3) is 10.0 Å². The highest BCUT2D eigenvalue weighted by Gasteiger charge is 2.12. The Balaban J connectivity index is 1.90. The van der Waals surface area contributed by atoms with Crippen LogP contribution in [0.2, 0.25) is 0 Å². The molecule has 0 saturated heterocycles. The van der Waals surface area contributed by atoms with E-state index < -0.39 is 10.0 Å². The van der Waals surface area contributed by atoms with Crippen LogP contribution in [0.15, 0.2) is 38.5 Å². The van der Waals surface area contributed by atoms with Crippen LogP contribution in [0, 0.1) is 0 Å². The Bertz CT molecular complexity index is 572. The van der Waals surface area contributed by atoms with Crippen LogP contribution >= 0.6 is 11.3 Å². The van der Waals surface area contributed by atoms with Crippen molar-refractivity contribution in [3.63, 3.8) is 0 Å². The largest absolute Gasteiger partial charge is 0.447 e. The van der Waals surface area contributed by atoms with Gasteiger partial charge in [-0.25, -0.2) is 13.6 Å². The number of primary sulfonamides is 1. The van der Waals surface area contributed by atoms with Crippen LogP contribution in [0.25, 0.3) is 0 Å². The summed E-state index contributed by atoms with van der Waals surface area (Å²) < 4.78 is 27.0. The molecule has 5 nitrogen and oxygen atoms in total. The zero-order chi connectivity index (χ0) is 12.3. The molecule has 92 valence electrons. The van der Waals surface area contributed by atoms with Crippen molar-refractivity contribution in [1.82, 2.24) is 5.32 Å². The monoisotopic (exact) mass is 272 g/mol. The molecule has 0 spiro atoms. The van der Waals surface area contributed by atoms with Gasteiger partial charge in [-0.2, -0.15) is 11.3 Å². The van der Waals surface area contributed by atoms with Crippen LogP contribution in [-0.4, -0.2) is 8.42 Å². The second kappa shape index (κ2) is 5.01. The molecule has 0 fully saturated rings. The summed E-state index contributed by atoms with van der Waals surface area (Å²) in [5.74, 6) is 0.546. The van der Waals surface area contributed by atoms with Gasteiger partial charge < -0.3 is 9.73 Å². The number of hydrogen-bond donors (Lipinski definition) is 2. The predicted octanol–water partition coefficient (Wildman–Crippen LogP) is 1.28. The van der Waals surface area contributed by atoms with Crippen LogP contribution in [-0.2, 0) is 23.1 Å². The minimum atomic E-state index is -3.74. The van der Waals surface area contributed by atoms with E-state index in [-0.39, 0.29) is 5.09 Å². The van der Waals surface area contributed by atoms with Crippen molar-refractivity contribution in [2.24, 2.45) is 5.14 Å². The number of sulfonamides is 1. The predicted molar refractivity (Wildman–Crippen MR) is 64.9 cm³/mol. The fourth-order valence-electron chi connectivity index (χ4n) is 1.33. The van der Waals surface area contributed by atoms with Crippen LogP contribution in [0.4, 0.5) is 0 Å². The summed E-state index contributed by atoms with van der Waals surface area (Å²) in [5, 5.41) is 11.9. The highest BCUT2D eigenvalue weighted by atomic mass is 32.2. The lowest BCUT2D eigenvalue weighted by atomic mass is 10.3. The summed E-state index contributed by atoms with van der Waals surface area (Å²) in [6.07, 6.45) is 0. The molecule has 0 aliphatic rings. The topological polar surface area (TPSA) is 85.3 Å². The molecule has 0 aromatic carbocycles. The second-order valence-corrected chi connectivity index (χ2v) is 5.77. The molecule has 0 radical (unpaired) electrons.